The lowest BCUT2D eigenvalue weighted by Crippen LogP contribution is -2.34. The molecule has 2 rings (SSSR count). The van der Waals surface area contributed by atoms with Crippen LogP contribution in [0.15, 0.2) is 24.3 Å². The summed E-state index contributed by atoms with van der Waals surface area (Å²) in [6.07, 6.45) is 0. The summed E-state index contributed by atoms with van der Waals surface area (Å²) in [5.41, 5.74) is 1.97. The molecule has 8 heteroatoms. The second-order valence-electron chi connectivity index (χ2n) is 7.05. The van der Waals surface area contributed by atoms with Gasteiger partial charge in [-0.2, -0.15) is 0 Å². The molecule has 0 atom stereocenters. The molecule has 1 aromatic heterocycles. The maximum absolute atomic E-state index is 12.6. The number of benzene rings is 1. The average molecular weight is 484 g/mol. The normalized spacial score (nSPS) is 10.6. The molecule has 1 heterocycles. The first-order valence-corrected chi connectivity index (χ1v) is 12.0. The number of ether oxygens (including phenoxy) is 2. The fraction of sp³-hybridized carbons (Fsp3) is 0.542. The number of carbonyl (C=O) groups excluding carboxylic acids is 1. The van der Waals surface area contributed by atoms with E-state index in [2.05, 4.69) is 54.9 Å². The van der Waals surface area contributed by atoms with Crippen molar-refractivity contribution in [1.82, 2.24) is 10.2 Å². The number of nitrogens with zero attached hydrogens (tertiary/aromatic N) is 2. The zero-order chi connectivity index (χ0) is 22.8. The summed E-state index contributed by atoms with van der Waals surface area (Å²) < 4.78 is 11.8. The van der Waals surface area contributed by atoms with Crippen molar-refractivity contribution >= 4 is 35.3 Å². The van der Waals surface area contributed by atoms with Gasteiger partial charge in [0.1, 0.15) is 0 Å². The molecular weight excluding hydrogens is 446 g/mol. The number of halogens is 1. The van der Waals surface area contributed by atoms with E-state index in [1.807, 2.05) is 19.1 Å². The van der Waals surface area contributed by atoms with Gasteiger partial charge in [-0.05, 0) is 58.1 Å². The van der Waals surface area contributed by atoms with Crippen molar-refractivity contribution in [3.8, 4) is 21.9 Å². The molecule has 1 N–H and O–H groups in total. The van der Waals surface area contributed by atoms with Crippen molar-refractivity contribution in [2.75, 3.05) is 57.9 Å². The van der Waals surface area contributed by atoms with Gasteiger partial charge < -0.3 is 24.6 Å². The van der Waals surface area contributed by atoms with Crippen LogP contribution in [0.25, 0.3) is 10.4 Å². The molecule has 0 aliphatic heterocycles. The van der Waals surface area contributed by atoms with E-state index in [4.69, 9.17) is 9.47 Å². The van der Waals surface area contributed by atoms with Gasteiger partial charge >= 0.3 is 0 Å². The SMILES string of the molecule is CCOc1c(-c2ccc(C(=O)NCCN(CC)CC)s2)ccc(N(CC)CC)c1OC.Cl. The molecular formula is C24H38ClN3O3S. The van der Waals surface area contributed by atoms with Crippen molar-refractivity contribution < 1.29 is 14.3 Å². The Morgan fingerprint density at radius 3 is 2.22 bits per heavy atom. The lowest BCUT2D eigenvalue weighted by molar-refractivity contribution is 0.0953. The molecule has 180 valence electrons. The number of rotatable bonds is 13. The Hall–Kier alpha value is -1.96. The number of hydrogen-bond donors (Lipinski definition) is 1. The van der Waals surface area contributed by atoms with Crippen LogP contribution in [0.1, 0.15) is 44.3 Å². The molecule has 0 saturated heterocycles. The number of anilines is 1. The first-order valence-electron chi connectivity index (χ1n) is 11.2. The van der Waals surface area contributed by atoms with Crippen molar-refractivity contribution in [1.29, 1.82) is 0 Å². The Kier molecular flexibility index (Phi) is 12.5. The highest BCUT2D eigenvalue weighted by Crippen LogP contribution is 2.46. The van der Waals surface area contributed by atoms with E-state index in [1.54, 1.807) is 7.11 Å². The molecule has 0 radical (unpaired) electrons. The van der Waals surface area contributed by atoms with Crippen LogP contribution in [0.5, 0.6) is 11.5 Å². The highest BCUT2D eigenvalue weighted by molar-refractivity contribution is 7.17. The maximum Gasteiger partial charge on any atom is 0.261 e. The predicted molar refractivity (Wildman–Crippen MR) is 138 cm³/mol. The molecule has 0 saturated carbocycles. The fourth-order valence-electron chi connectivity index (χ4n) is 3.60. The van der Waals surface area contributed by atoms with Crippen LogP contribution in [0, 0.1) is 0 Å². The molecule has 32 heavy (non-hydrogen) atoms. The van der Waals surface area contributed by atoms with Crippen LogP contribution in [-0.2, 0) is 0 Å². The quantitative estimate of drug-likeness (QED) is 0.426. The zero-order valence-electron chi connectivity index (χ0n) is 20.2. The average Bonchev–Trinajstić information content (AvgIpc) is 3.28. The number of hydrogen-bond acceptors (Lipinski definition) is 6. The number of amides is 1. The van der Waals surface area contributed by atoms with Gasteiger partial charge in [-0.15, -0.1) is 23.7 Å². The molecule has 0 spiro atoms. The van der Waals surface area contributed by atoms with E-state index in [0.29, 0.717) is 18.0 Å². The van der Waals surface area contributed by atoms with E-state index < -0.39 is 0 Å². The maximum atomic E-state index is 12.6. The third-order valence-corrected chi connectivity index (χ3v) is 6.51. The van der Waals surface area contributed by atoms with Gasteiger partial charge in [0.15, 0.2) is 11.5 Å². The number of methoxy groups -OCH3 is 1. The summed E-state index contributed by atoms with van der Waals surface area (Å²) in [5.74, 6) is 1.43. The van der Waals surface area contributed by atoms with Gasteiger partial charge in [0.05, 0.1) is 24.3 Å². The van der Waals surface area contributed by atoms with Crippen molar-refractivity contribution in [3.05, 3.63) is 29.1 Å². The predicted octanol–water partition coefficient (Wildman–Crippen LogP) is 5.16. The third-order valence-electron chi connectivity index (χ3n) is 5.39. The minimum atomic E-state index is -0.0342. The van der Waals surface area contributed by atoms with Gasteiger partial charge in [-0.1, -0.05) is 13.8 Å². The van der Waals surface area contributed by atoms with Gasteiger partial charge in [-0.25, -0.2) is 0 Å². The molecule has 2 aromatic rings. The first kappa shape index (κ1) is 28.1. The zero-order valence-corrected chi connectivity index (χ0v) is 21.8. The third kappa shape index (κ3) is 6.77. The van der Waals surface area contributed by atoms with Crippen LogP contribution < -0.4 is 19.7 Å². The Labute approximate surface area is 203 Å². The van der Waals surface area contributed by atoms with Gasteiger partial charge in [0.2, 0.25) is 0 Å². The van der Waals surface area contributed by atoms with Gasteiger partial charge in [0, 0.05) is 36.6 Å². The lowest BCUT2D eigenvalue weighted by atomic mass is 10.1. The van der Waals surface area contributed by atoms with Crippen LogP contribution in [-0.4, -0.2) is 63.8 Å². The Balaban J connectivity index is 0.00000512. The van der Waals surface area contributed by atoms with E-state index in [-0.39, 0.29) is 18.3 Å². The fourth-order valence-corrected chi connectivity index (χ4v) is 4.55. The summed E-state index contributed by atoms with van der Waals surface area (Å²) in [4.78, 5) is 18.8. The summed E-state index contributed by atoms with van der Waals surface area (Å²) in [6, 6.07) is 8.01. The van der Waals surface area contributed by atoms with E-state index in [1.165, 1.54) is 11.3 Å². The Morgan fingerprint density at radius 2 is 1.66 bits per heavy atom. The molecule has 0 fully saturated rings. The summed E-state index contributed by atoms with van der Waals surface area (Å²) in [7, 11) is 1.68. The van der Waals surface area contributed by atoms with Gasteiger partial charge in [0.25, 0.3) is 5.91 Å². The van der Waals surface area contributed by atoms with E-state index in [9.17, 15) is 4.79 Å². The van der Waals surface area contributed by atoms with Crippen LogP contribution in [0.3, 0.4) is 0 Å². The van der Waals surface area contributed by atoms with Crippen molar-refractivity contribution in [3.63, 3.8) is 0 Å². The standard InChI is InChI=1S/C24H37N3O3S.ClH/c1-7-26(8-2)17-16-25-24(28)21-15-14-20(31-21)18-12-13-19(27(9-3)10-4)23(29-6)22(18)30-11-5;/h12-15H,7-11,16-17H2,1-6H3,(H,25,28);1H. The molecule has 0 unspecified atom stereocenters. The highest BCUT2D eigenvalue weighted by atomic mass is 35.5. The molecule has 1 amide bonds. The molecule has 0 aliphatic rings. The Bertz CT molecular complexity index is 836. The van der Waals surface area contributed by atoms with Crippen molar-refractivity contribution in [2.24, 2.45) is 0 Å². The topological polar surface area (TPSA) is 54.0 Å². The largest absolute Gasteiger partial charge is 0.491 e. The second kappa shape index (κ2) is 14.2. The van der Waals surface area contributed by atoms with E-state index >= 15 is 0 Å². The van der Waals surface area contributed by atoms with E-state index in [0.717, 1.165) is 60.4 Å². The molecule has 0 bridgehead atoms. The number of likely N-dealkylation sites (N-methyl/N-ethyl adjacent to an activating group) is 1. The first-order chi connectivity index (χ1) is 15.0. The van der Waals surface area contributed by atoms with Crippen molar-refractivity contribution in [2.45, 2.75) is 34.6 Å². The molecule has 0 aliphatic carbocycles. The monoisotopic (exact) mass is 483 g/mol. The van der Waals surface area contributed by atoms with Gasteiger partial charge in [-0.3, -0.25) is 4.79 Å². The minimum absolute atomic E-state index is 0. The summed E-state index contributed by atoms with van der Waals surface area (Å²) >= 11 is 1.47. The minimum Gasteiger partial charge on any atom is -0.491 e. The smallest absolute Gasteiger partial charge is 0.261 e. The summed E-state index contributed by atoms with van der Waals surface area (Å²) in [6.45, 7) is 16.3. The second-order valence-corrected chi connectivity index (χ2v) is 8.13. The number of thiophene rings is 1. The molecule has 6 nitrogen and oxygen atoms in total. The summed E-state index contributed by atoms with van der Waals surface area (Å²) in [5, 5.41) is 3.03. The number of carbonyl (C=O) groups is 1. The highest BCUT2D eigenvalue weighted by Gasteiger charge is 2.21. The van der Waals surface area contributed by atoms with Crippen LogP contribution >= 0.6 is 23.7 Å². The number of nitrogens with one attached hydrogen (secondary N) is 1. The molecule has 1 aromatic carbocycles. The van der Waals surface area contributed by atoms with Crippen LogP contribution in [0.2, 0.25) is 0 Å². The lowest BCUT2D eigenvalue weighted by Gasteiger charge is -2.25. The Morgan fingerprint density at radius 1 is 0.969 bits per heavy atom. The van der Waals surface area contributed by atoms with Crippen LogP contribution in [0.4, 0.5) is 5.69 Å².